The van der Waals surface area contributed by atoms with E-state index in [2.05, 4.69) is 13.8 Å². The Morgan fingerprint density at radius 2 is 0.463 bits per heavy atom. The molecule has 0 aromatic carbocycles. The molecule has 242 valence electrons. The number of carboxylic acid groups (broad SMARTS) is 2. The van der Waals surface area contributed by atoms with Crippen molar-refractivity contribution in [2.24, 2.45) is 0 Å². The van der Waals surface area contributed by atoms with Crippen LogP contribution in [0.4, 0.5) is 0 Å². The Hall–Kier alpha value is -0.0600. The van der Waals surface area contributed by atoms with Crippen LogP contribution in [-0.2, 0) is 9.59 Å². The van der Waals surface area contributed by atoms with E-state index in [0.717, 1.165) is 25.7 Å². The van der Waals surface area contributed by atoms with Crippen LogP contribution < -0.4 is 0 Å². The fourth-order valence-corrected chi connectivity index (χ4v) is 5.30. The summed E-state index contributed by atoms with van der Waals surface area (Å²) < 4.78 is 0. The molecule has 0 unspecified atom stereocenters. The Labute approximate surface area is 279 Å². The fraction of sp³-hybridized carbons (Fsp3) is 0.944. The zero-order valence-electron chi connectivity index (χ0n) is 27.3. The molecule has 0 bridgehead atoms. The first-order valence-electron chi connectivity index (χ1n) is 18.0. The van der Waals surface area contributed by atoms with E-state index in [1.807, 2.05) is 0 Å². The standard InChI is InChI=1S/2C18H36O2.Na.H/c2*1-2-3-4-5-6-7-8-9-10-11-12-13-14-15-16-17-18(19)20;;/h2*2-17H2,1H3,(H,19,20);;. The summed E-state index contributed by atoms with van der Waals surface area (Å²) in [4.78, 5) is 20.7. The number of aliphatic carboxylic acids is 2. The molecule has 0 aliphatic carbocycles. The molecular formula is C36H73NaO4. The molecule has 41 heavy (non-hydrogen) atoms. The predicted octanol–water partition coefficient (Wildman–Crippen LogP) is 12.0. The van der Waals surface area contributed by atoms with Crippen molar-refractivity contribution in [1.29, 1.82) is 0 Å². The molecule has 0 heterocycles. The summed E-state index contributed by atoms with van der Waals surface area (Å²) in [6.07, 6.45) is 40.4. The first-order valence-corrected chi connectivity index (χ1v) is 18.0. The van der Waals surface area contributed by atoms with Gasteiger partial charge in [-0.1, -0.05) is 194 Å². The van der Waals surface area contributed by atoms with Crippen LogP contribution in [0.15, 0.2) is 0 Å². The van der Waals surface area contributed by atoms with Crippen molar-refractivity contribution in [2.45, 2.75) is 219 Å². The average Bonchev–Trinajstić information content (AvgIpc) is 2.93. The number of unbranched alkanes of at least 4 members (excludes halogenated alkanes) is 28. The molecule has 0 atom stereocenters. The van der Waals surface area contributed by atoms with Gasteiger partial charge in [0.1, 0.15) is 0 Å². The number of rotatable bonds is 32. The van der Waals surface area contributed by atoms with Crippen molar-refractivity contribution in [2.75, 3.05) is 0 Å². The number of carboxylic acids is 2. The molecule has 0 fully saturated rings. The van der Waals surface area contributed by atoms with E-state index in [1.165, 1.54) is 167 Å². The zero-order chi connectivity index (χ0) is 29.8. The van der Waals surface area contributed by atoms with Gasteiger partial charge in [-0.2, -0.15) is 0 Å². The zero-order valence-corrected chi connectivity index (χ0v) is 27.3. The normalized spacial score (nSPS) is 10.6. The van der Waals surface area contributed by atoms with E-state index in [-0.39, 0.29) is 29.6 Å². The quantitative estimate of drug-likeness (QED) is 0.0602. The molecule has 0 saturated carbocycles. The van der Waals surface area contributed by atoms with Crippen LogP contribution in [-0.4, -0.2) is 51.7 Å². The van der Waals surface area contributed by atoms with E-state index in [0.29, 0.717) is 12.8 Å². The van der Waals surface area contributed by atoms with Crippen molar-refractivity contribution in [3.63, 3.8) is 0 Å². The van der Waals surface area contributed by atoms with E-state index in [4.69, 9.17) is 10.2 Å². The monoisotopic (exact) mass is 593 g/mol. The molecule has 0 radical (unpaired) electrons. The second-order valence-corrected chi connectivity index (χ2v) is 12.2. The van der Waals surface area contributed by atoms with Gasteiger partial charge in [-0.25, -0.2) is 0 Å². The van der Waals surface area contributed by atoms with Gasteiger partial charge in [0.2, 0.25) is 0 Å². The number of carbonyl (C=O) groups is 2. The van der Waals surface area contributed by atoms with Gasteiger partial charge in [0.15, 0.2) is 0 Å². The molecule has 0 spiro atoms. The summed E-state index contributed by atoms with van der Waals surface area (Å²) in [5, 5.41) is 17.0. The van der Waals surface area contributed by atoms with Crippen LogP contribution in [0, 0.1) is 0 Å². The van der Waals surface area contributed by atoms with E-state index in [1.54, 1.807) is 0 Å². The van der Waals surface area contributed by atoms with E-state index in [9.17, 15) is 9.59 Å². The summed E-state index contributed by atoms with van der Waals surface area (Å²) in [7, 11) is 0. The van der Waals surface area contributed by atoms with Gasteiger partial charge < -0.3 is 10.2 Å². The van der Waals surface area contributed by atoms with Gasteiger partial charge in [-0.15, -0.1) is 0 Å². The van der Waals surface area contributed by atoms with Crippen molar-refractivity contribution in [3.05, 3.63) is 0 Å². The second kappa shape index (κ2) is 42.1. The summed E-state index contributed by atoms with van der Waals surface area (Å²) >= 11 is 0. The molecule has 0 aliphatic rings. The summed E-state index contributed by atoms with van der Waals surface area (Å²) in [5.74, 6) is -1.31. The van der Waals surface area contributed by atoms with Crippen LogP contribution in [0.3, 0.4) is 0 Å². The first kappa shape index (κ1) is 45.4. The van der Waals surface area contributed by atoms with Crippen LogP contribution in [0.2, 0.25) is 0 Å². The third-order valence-corrected chi connectivity index (χ3v) is 7.99. The molecule has 0 aromatic rings. The average molecular weight is 593 g/mol. The van der Waals surface area contributed by atoms with Crippen molar-refractivity contribution < 1.29 is 19.8 Å². The third kappa shape index (κ3) is 49.9. The molecule has 0 saturated heterocycles. The molecule has 0 rings (SSSR count). The van der Waals surface area contributed by atoms with Crippen molar-refractivity contribution in [3.8, 4) is 0 Å². The topological polar surface area (TPSA) is 74.6 Å². The maximum atomic E-state index is 10.3. The molecule has 2 N–H and O–H groups in total. The Kier molecular flexibility index (Phi) is 46.6. The molecule has 0 amide bonds. The van der Waals surface area contributed by atoms with Crippen molar-refractivity contribution in [1.82, 2.24) is 0 Å². The minimum atomic E-state index is -0.653. The van der Waals surface area contributed by atoms with Gasteiger partial charge in [0.05, 0.1) is 0 Å². The van der Waals surface area contributed by atoms with Crippen LogP contribution in [0.25, 0.3) is 0 Å². The number of hydrogen-bond donors (Lipinski definition) is 2. The van der Waals surface area contributed by atoms with Gasteiger partial charge >= 0.3 is 41.5 Å². The Morgan fingerprint density at radius 1 is 0.317 bits per heavy atom. The van der Waals surface area contributed by atoms with Crippen LogP contribution in [0.1, 0.15) is 219 Å². The Balaban J connectivity index is -0.000000688. The molecule has 5 heteroatoms. The molecule has 0 aromatic heterocycles. The molecular weight excluding hydrogens is 519 g/mol. The van der Waals surface area contributed by atoms with E-state index < -0.39 is 11.9 Å². The summed E-state index contributed by atoms with van der Waals surface area (Å²) in [6.45, 7) is 4.54. The maximum absolute atomic E-state index is 10.3. The van der Waals surface area contributed by atoms with Crippen molar-refractivity contribution >= 4 is 41.5 Å². The van der Waals surface area contributed by atoms with Gasteiger partial charge in [-0.05, 0) is 12.8 Å². The Bertz CT molecular complexity index is 454. The Morgan fingerprint density at radius 3 is 0.610 bits per heavy atom. The summed E-state index contributed by atoms with van der Waals surface area (Å²) in [5.41, 5.74) is 0. The fourth-order valence-electron chi connectivity index (χ4n) is 5.30. The van der Waals surface area contributed by atoms with Crippen LogP contribution >= 0.6 is 0 Å². The minimum absolute atomic E-state index is 0. The first-order chi connectivity index (χ1) is 19.5. The number of hydrogen-bond acceptors (Lipinski definition) is 2. The second-order valence-electron chi connectivity index (χ2n) is 12.2. The summed E-state index contributed by atoms with van der Waals surface area (Å²) in [6, 6.07) is 0. The van der Waals surface area contributed by atoms with Crippen LogP contribution in [0.5, 0.6) is 0 Å². The SMILES string of the molecule is CCCCCCCCCCCCCCCCCC(=O)O.CCCCCCCCCCCCCCCCCC(=O)O.[NaH]. The predicted molar refractivity (Wildman–Crippen MR) is 182 cm³/mol. The van der Waals surface area contributed by atoms with Gasteiger partial charge in [-0.3, -0.25) is 9.59 Å². The third-order valence-electron chi connectivity index (χ3n) is 7.99. The van der Waals surface area contributed by atoms with Gasteiger partial charge in [0, 0.05) is 12.8 Å². The molecule has 0 aliphatic heterocycles. The van der Waals surface area contributed by atoms with Gasteiger partial charge in [0.25, 0.3) is 0 Å². The van der Waals surface area contributed by atoms with E-state index >= 15 is 0 Å². The molecule has 4 nitrogen and oxygen atoms in total.